The molecule has 0 spiro atoms. The first-order valence-electron chi connectivity index (χ1n) is 9.37. The predicted molar refractivity (Wildman–Crippen MR) is 109 cm³/mol. The number of hydrogen-bond donors (Lipinski definition) is 1. The maximum atomic E-state index is 12.5. The van der Waals surface area contributed by atoms with E-state index in [2.05, 4.69) is 40.6 Å². The zero-order chi connectivity index (χ0) is 19.0. The molecule has 1 aromatic heterocycles. The van der Waals surface area contributed by atoms with E-state index in [0.717, 1.165) is 46.1 Å². The number of carbonyl (C=O) groups excluding carboxylic acids is 1. The van der Waals surface area contributed by atoms with E-state index in [1.807, 2.05) is 37.2 Å². The summed E-state index contributed by atoms with van der Waals surface area (Å²) in [6.07, 6.45) is 5.17. The highest BCUT2D eigenvalue weighted by Gasteiger charge is 2.20. The molecule has 5 nitrogen and oxygen atoms in total. The van der Waals surface area contributed by atoms with Gasteiger partial charge in [-0.15, -0.1) is 5.10 Å². The monoisotopic (exact) mass is 360 g/mol. The molecular formula is C22H24N4O. The fourth-order valence-corrected chi connectivity index (χ4v) is 3.47. The summed E-state index contributed by atoms with van der Waals surface area (Å²) in [6.45, 7) is 2.07. The first-order chi connectivity index (χ1) is 13.0. The Morgan fingerprint density at radius 3 is 2.67 bits per heavy atom. The van der Waals surface area contributed by atoms with E-state index in [4.69, 9.17) is 0 Å². The van der Waals surface area contributed by atoms with Crippen LogP contribution in [0, 0.1) is 6.92 Å². The van der Waals surface area contributed by atoms with Crippen molar-refractivity contribution >= 4 is 22.5 Å². The van der Waals surface area contributed by atoms with Crippen molar-refractivity contribution in [2.24, 2.45) is 0 Å². The number of aromatic nitrogens is 2. The van der Waals surface area contributed by atoms with Crippen molar-refractivity contribution in [2.75, 3.05) is 19.0 Å². The normalized spacial score (nSPS) is 14.0. The van der Waals surface area contributed by atoms with E-state index in [0.29, 0.717) is 11.6 Å². The quantitative estimate of drug-likeness (QED) is 0.765. The van der Waals surface area contributed by atoms with Crippen LogP contribution < -0.4 is 10.2 Å². The second-order valence-corrected chi connectivity index (χ2v) is 7.50. The van der Waals surface area contributed by atoms with Crippen LogP contribution in [0.3, 0.4) is 0 Å². The Hall–Kier alpha value is -2.95. The van der Waals surface area contributed by atoms with Gasteiger partial charge >= 0.3 is 0 Å². The molecule has 5 heteroatoms. The summed E-state index contributed by atoms with van der Waals surface area (Å²) in [5.74, 6) is 0.867. The second-order valence-electron chi connectivity index (χ2n) is 7.50. The fraction of sp³-hybridized carbons (Fsp3) is 0.318. The Kier molecular flexibility index (Phi) is 4.52. The molecule has 0 bridgehead atoms. The van der Waals surface area contributed by atoms with Crippen LogP contribution in [0.1, 0.15) is 35.2 Å². The molecule has 138 valence electrons. The number of nitrogens with zero attached hydrogens (tertiary/aromatic N) is 3. The third kappa shape index (κ3) is 3.37. The van der Waals surface area contributed by atoms with Gasteiger partial charge in [0.1, 0.15) is 0 Å². The molecule has 0 aliphatic heterocycles. The van der Waals surface area contributed by atoms with E-state index in [-0.39, 0.29) is 5.91 Å². The third-order valence-electron chi connectivity index (χ3n) is 5.32. The molecule has 1 N–H and O–H groups in total. The lowest BCUT2D eigenvalue weighted by Gasteiger charge is -2.26. The van der Waals surface area contributed by atoms with Crippen molar-refractivity contribution < 1.29 is 4.79 Å². The van der Waals surface area contributed by atoms with Crippen molar-refractivity contribution in [3.05, 3.63) is 53.7 Å². The number of nitrogens with one attached hydrogen (secondary N) is 1. The largest absolute Gasteiger partial charge is 0.361 e. The van der Waals surface area contributed by atoms with Gasteiger partial charge in [0, 0.05) is 36.5 Å². The minimum atomic E-state index is 0.0162. The number of carbonyl (C=O) groups is 1. The van der Waals surface area contributed by atoms with Gasteiger partial charge in [0.2, 0.25) is 0 Å². The number of anilines is 1. The molecular weight excluding hydrogens is 336 g/mol. The van der Waals surface area contributed by atoms with Gasteiger partial charge in [0.25, 0.3) is 5.91 Å². The van der Waals surface area contributed by atoms with E-state index >= 15 is 0 Å². The summed E-state index contributed by atoms with van der Waals surface area (Å²) in [7, 11) is 3.93. The lowest BCUT2D eigenvalue weighted by Crippen LogP contribution is -2.39. The van der Waals surface area contributed by atoms with Gasteiger partial charge in [0.05, 0.1) is 6.20 Å². The third-order valence-corrected chi connectivity index (χ3v) is 5.32. The highest BCUT2D eigenvalue weighted by Crippen LogP contribution is 2.30. The average molecular weight is 360 g/mol. The SMILES string of the molecule is Cc1ccc(C(=O)NC2CCC2)cc1-c1ccc2c(N(C)C)nncc2c1. The molecule has 0 saturated heterocycles. The average Bonchev–Trinajstić information content (AvgIpc) is 2.63. The van der Waals surface area contributed by atoms with Crippen LogP contribution in [-0.2, 0) is 0 Å². The van der Waals surface area contributed by atoms with Crippen molar-refractivity contribution in [3.8, 4) is 11.1 Å². The molecule has 27 heavy (non-hydrogen) atoms. The molecule has 0 radical (unpaired) electrons. The smallest absolute Gasteiger partial charge is 0.251 e. The molecule has 2 aromatic carbocycles. The van der Waals surface area contributed by atoms with E-state index < -0.39 is 0 Å². The van der Waals surface area contributed by atoms with E-state index in [9.17, 15) is 4.79 Å². The van der Waals surface area contributed by atoms with Gasteiger partial charge in [0.15, 0.2) is 5.82 Å². The van der Waals surface area contributed by atoms with Crippen LogP contribution in [0.25, 0.3) is 21.9 Å². The Morgan fingerprint density at radius 2 is 1.96 bits per heavy atom. The van der Waals surface area contributed by atoms with Crippen LogP contribution in [0.4, 0.5) is 5.82 Å². The molecule has 1 aliphatic rings. The van der Waals surface area contributed by atoms with Crippen molar-refractivity contribution in [2.45, 2.75) is 32.2 Å². The zero-order valence-electron chi connectivity index (χ0n) is 16.0. The Morgan fingerprint density at radius 1 is 1.15 bits per heavy atom. The summed E-state index contributed by atoms with van der Waals surface area (Å²) < 4.78 is 0. The highest BCUT2D eigenvalue weighted by molar-refractivity contribution is 5.97. The minimum Gasteiger partial charge on any atom is -0.361 e. The Balaban J connectivity index is 1.72. The van der Waals surface area contributed by atoms with Crippen molar-refractivity contribution in [1.29, 1.82) is 0 Å². The van der Waals surface area contributed by atoms with E-state index in [1.165, 1.54) is 6.42 Å². The number of hydrogen-bond acceptors (Lipinski definition) is 4. The molecule has 1 amide bonds. The molecule has 1 saturated carbocycles. The lowest BCUT2D eigenvalue weighted by atomic mass is 9.92. The first kappa shape index (κ1) is 17.5. The molecule has 4 rings (SSSR count). The van der Waals surface area contributed by atoms with Crippen LogP contribution in [0.2, 0.25) is 0 Å². The topological polar surface area (TPSA) is 58.1 Å². The Labute approximate surface area is 159 Å². The summed E-state index contributed by atoms with van der Waals surface area (Å²) in [5, 5.41) is 13.6. The van der Waals surface area contributed by atoms with E-state index in [1.54, 1.807) is 6.20 Å². The van der Waals surface area contributed by atoms with Crippen LogP contribution >= 0.6 is 0 Å². The summed E-state index contributed by atoms with van der Waals surface area (Å²) >= 11 is 0. The first-order valence-corrected chi connectivity index (χ1v) is 9.37. The second kappa shape index (κ2) is 6.99. The Bertz CT molecular complexity index is 1010. The molecule has 1 fully saturated rings. The van der Waals surface area contributed by atoms with Gasteiger partial charge in [-0.05, 0) is 67.1 Å². The molecule has 0 unspecified atom stereocenters. The number of fused-ring (bicyclic) bond motifs is 1. The molecule has 3 aromatic rings. The minimum absolute atomic E-state index is 0.0162. The summed E-state index contributed by atoms with van der Waals surface area (Å²) in [5.41, 5.74) is 4.01. The van der Waals surface area contributed by atoms with Crippen LogP contribution in [0.15, 0.2) is 42.6 Å². The number of amides is 1. The number of benzene rings is 2. The van der Waals surface area contributed by atoms with Gasteiger partial charge in [-0.1, -0.05) is 12.1 Å². The van der Waals surface area contributed by atoms with Gasteiger partial charge in [-0.3, -0.25) is 4.79 Å². The number of rotatable bonds is 4. The maximum absolute atomic E-state index is 12.5. The number of aryl methyl sites for hydroxylation is 1. The van der Waals surface area contributed by atoms with Crippen molar-refractivity contribution in [1.82, 2.24) is 15.5 Å². The van der Waals surface area contributed by atoms with Crippen LogP contribution in [0.5, 0.6) is 0 Å². The summed E-state index contributed by atoms with van der Waals surface area (Å²) in [4.78, 5) is 14.5. The van der Waals surface area contributed by atoms with Gasteiger partial charge in [-0.2, -0.15) is 5.10 Å². The van der Waals surface area contributed by atoms with Crippen molar-refractivity contribution in [3.63, 3.8) is 0 Å². The van der Waals surface area contributed by atoms with Crippen LogP contribution in [-0.4, -0.2) is 36.2 Å². The highest BCUT2D eigenvalue weighted by atomic mass is 16.1. The predicted octanol–water partition coefficient (Wildman–Crippen LogP) is 3.95. The molecule has 0 atom stereocenters. The van der Waals surface area contributed by atoms with Gasteiger partial charge < -0.3 is 10.2 Å². The fourth-order valence-electron chi connectivity index (χ4n) is 3.47. The van der Waals surface area contributed by atoms with Gasteiger partial charge in [-0.25, -0.2) is 0 Å². The maximum Gasteiger partial charge on any atom is 0.251 e. The summed E-state index contributed by atoms with van der Waals surface area (Å²) in [6, 6.07) is 12.5. The molecule has 1 heterocycles. The zero-order valence-corrected chi connectivity index (χ0v) is 16.0. The standard InChI is InChI=1S/C22H24N4O/c1-14-7-8-16(22(27)24-18-5-4-6-18)12-20(14)15-9-10-19-17(11-15)13-23-25-21(19)26(2)3/h7-13,18H,4-6H2,1-3H3,(H,24,27). The lowest BCUT2D eigenvalue weighted by molar-refractivity contribution is 0.0917. The molecule has 1 aliphatic carbocycles.